The van der Waals surface area contributed by atoms with Crippen LogP contribution in [0.4, 0.5) is 10.1 Å². The van der Waals surface area contributed by atoms with Crippen LogP contribution in [0.3, 0.4) is 0 Å². The van der Waals surface area contributed by atoms with Gasteiger partial charge in [-0.05, 0) is 82.0 Å². The van der Waals surface area contributed by atoms with E-state index in [1.807, 2.05) is 13.0 Å². The highest BCUT2D eigenvalue weighted by Crippen LogP contribution is 2.28. The van der Waals surface area contributed by atoms with Crippen LogP contribution in [0.2, 0.25) is 5.02 Å². The van der Waals surface area contributed by atoms with Gasteiger partial charge >= 0.3 is 0 Å². The van der Waals surface area contributed by atoms with Gasteiger partial charge in [0.2, 0.25) is 0 Å². The molecule has 0 heterocycles. The van der Waals surface area contributed by atoms with E-state index in [4.69, 9.17) is 16.3 Å². The van der Waals surface area contributed by atoms with Crippen molar-refractivity contribution in [2.75, 3.05) is 5.32 Å². The number of carbonyl (C=O) groups excluding carboxylic acids is 1. The number of benzene rings is 3. The maximum absolute atomic E-state index is 13.3. The van der Waals surface area contributed by atoms with E-state index in [0.717, 1.165) is 5.56 Å². The van der Waals surface area contributed by atoms with Crippen molar-refractivity contribution in [3.63, 3.8) is 0 Å². The molecular weight excluding hydrogens is 483 g/mol. The molecule has 1 N–H and O–H groups in total. The minimum atomic E-state index is -0.537. The van der Waals surface area contributed by atoms with Crippen LogP contribution in [0.5, 0.6) is 5.75 Å². The van der Waals surface area contributed by atoms with Gasteiger partial charge in [-0.2, -0.15) is 5.26 Å². The summed E-state index contributed by atoms with van der Waals surface area (Å²) in [7, 11) is 0. The Morgan fingerprint density at radius 3 is 2.71 bits per heavy atom. The lowest BCUT2D eigenvalue weighted by molar-refractivity contribution is -0.112. The fourth-order valence-electron chi connectivity index (χ4n) is 2.70. The molecule has 0 saturated heterocycles. The van der Waals surface area contributed by atoms with Crippen LogP contribution < -0.4 is 10.1 Å². The number of halogens is 3. The highest BCUT2D eigenvalue weighted by Gasteiger charge is 2.11. The van der Waals surface area contributed by atoms with Crippen LogP contribution in [0, 0.1) is 24.1 Å². The first-order chi connectivity index (χ1) is 14.9. The van der Waals surface area contributed by atoms with E-state index in [1.54, 1.807) is 48.5 Å². The Hall–Kier alpha value is -3.14. The first-order valence-electron chi connectivity index (χ1n) is 9.22. The SMILES string of the molecule is Cc1ccc(NC(=O)/C(C#N)=C\c2ccc(OCc3cccc(F)c3)c(Br)c2)cc1Cl. The van der Waals surface area contributed by atoms with Gasteiger partial charge in [-0.3, -0.25) is 4.79 Å². The number of hydrogen-bond donors (Lipinski definition) is 1. The zero-order chi connectivity index (χ0) is 22.4. The molecular formula is C24H17BrClFN2O2. The molecule has 0 spiro atoms. The van der Waals surface area contributed by atoms with E-state index in [1.165, 1.54) is 18.2 Å². The summed E-state index contributed by atoms with van der Waals surface area (Å²) in [6.45, 7) is 2.06. The van der Waals surface area contributed by atoms with Crippen molar-refractivity contribution in [3.8, 4) is 11.8 Å². The van der Waals surface area contributed by atoms with Gasteiger partial charge in [0, 0.05) is 10.7 Å². The van der Waals surface area contributed by atoms with E-state index in [9.17, 15) is 14.4 Å². The first-order valence-corrected chi connectivity index (χ1v) is 10.4. The van der Waals surface area contributed by atoms with E-state index in [0.29, 0.717) is 32.1 Å². The van der Waals surface area contributed by atoms with Crippen LogP contribution in [-0.4, -0.2) is 5.91 Å². The molecule has 0 aliphatic heterocycles. The number of rotatable bonds is 6. The molecule has 7 heteroatoms. The Kier molecular flexibility index (Phi) is 7.45. The van der Waals surface area contributed by atoms with Gasteiger partial charge in [0.05, 0.1) is 4.47 Å². The molecule has 0 saturated carbocycles. The lowest BCUT2D eigenvalue weighted by Crippen LogP contribution is -2.13. The largest absolute Gasteiger partial charge is 0.488 e. The summed E-state index contributed by atoms with van der Waals surface area (Å²) < 4.78 is 19.6. The van der Waals surface area contributed by atoms with Crippen molar-refractivity contribution in [3.05, 3.63) is 98.2 Å². The normalized spacial score (nSPS) is 11.0. The Morgan fingerprint density at radius 1 is 1.23 bits per heavy atom. The molecule has 4 nitrogen and oxygen atoms in total. The van der Waals surface area contributed by atoms with Gasteiger partial charge in [0.15, 0.2) is 0 Å². The third-order valence-corrected chi connectivity index (χ3v) is 5.37. The second-order valence-electron chi connectivity index (χ2n) is 6.70. The number of hydrogen-bond acceptors (Lipinski definition) is 3. The van der Waals surface area contributed by atoms with E-state index < -0.39 is 5.91 Å². The number of nitrogens with zero attached hydrogens (tertiary/aromatic N) is 1. The fraction of sp³-hybridized carbons (Fsp3) is 0.0833. The van der Waals surface area contributed by atoms with Crippen molar-refractivity contribution >= 4 is 45.2 Å². The number of nitrogens with one attached hydrogen (secondary N) is 1. The molecule has 0 fully saturated rings. The molecule has 1 amide bonds. The zero-order valence-corrected chi connectivity index (χ0v) is 18.8. The van der Waals surface area contributed by atoms with Crippen LogP contribution in [0.25, 0.3) is 6.08 Å². The van der Waals surface area contributed by atoms with Gasteiger partial charge < -0.3 is 10.1 Å². The third kappa shape index (κ3) is 6.17. The lowest BCUT2D eigenvalue weighted by atomic mass is 10.1. The smallest absolute Gasteiger partial charge is 0.266 e. The van der Waals surface area contributed by atoms with Crippen LogP contribution in [0.1, 0.15) is 16.7 Å². The van der Waals surface area contributed by atoms with Crippen molar-refractivity contribution in [2.45, 2.75) is 13.5 Å². The molecule has 3 aromatic carbocycles. The summed E-state index contributed by atoms with van der Waals surface area (Å²) in [5, 5.41) is 12.6. The average Bonchev–Trinajstić information content (AvgIpc) is 2.74. The van der Waals surface area contributed by atoms with Crippen molar-refractivity contribution in [1.82, 2.24) is 0 Å². The van der Waals surface area contributed by atoms with Gasteiger partial charge in [0.1, 0.15) is 29.8 Å². The zero-order valence-electron chi connectivity index (χ0n) is 16.5. The topological polar surface area (TPSA) is 62.1 Å². The molecule has 3 aromatic rings. The molecule has 156 valence electrons. The maximum Gasteiger partial charge on any atom is 0.266 e. The maximum atomic E-state index is 13.3. The van der Waals surface area contributed by atoms with Gasteiger partial charge in [-0.1, -0.05) is 35.9 Å². The predicted molar refractivity (Wildman–Crippen MR) is 123 cm³/mol. The fourth-order valence-corrected chi connectivity index (χ4v) is 3.39. The van der Waals surface area contributed by atoms with E-state index in [-0.39, 0.29) is 18.0 Å². The Bertz CT molecular complexity index is 1200. The minimum absolute atomic E-state index is 0.0583. The highest BCUT2D eigenvalue weighted by molar-refractivity contribution is 9.10. The molecule has 0 unspecified atom stereocenters. The monoisotopic (exact) mass is 498 g/mol. The van der Waals surface area contributed by atoms with Crippen LogP contribution >= 0.6 is 27.5 Å². The molecule has 0 radical (unpaired) electrons. The second kappa shape index (κ2) is 10.3. The molecule has 0 atom stereocenters. The summed E-state index contributed by atoms with van der Waals surface area (Å²) in [6, 6.07) is 18.4. The summed E-state index contributed by atoms with van der Waals surface area (Å²) in [5.74, 6) is -0.306. The van der Waals surface area contributed by atoms with Gasteiger partial charge in [-0.25, -0.2) is 4.39 Å². The Labute approximate surface area is 193 Å². The second-order valence-corrected chi connectivity index (χ2v) is 7.96. The van der Waals surface area contributed by atoms with E-state index in [2.05, 4.69) is 21.2 Å². The standard InChI is InChI=1S/C24H17BrClFN2O2/c1-15-5-7-20(12-22(15)26)29-24(30)18(13-28)9-16-6-8-23(21(25)11-16)31-14-17-3-2-4-19(27)10-17/h2-12H,14H2,1H3,(H,29,30)/b18-9-. The molecule has 0 aromatic heterocycles. The average molecular weight is 500 g/mol. The summed E-state index contributed by atoms with van der Waals surface area (Å²) in [4.78, 5) is 12.5. The quantitative estimate of drug-likeness (QED) is 0.304. The lowest BCUT2D eigenvalue weighted by Gasteiger charge is -2.09. The van der Waals surface area contributed by atoms with Gasteiger partial charge in [-0.15, -0.1) is 0 Å². The summed E-state index contributed by atoms with van der Waals surface area (Å²) in [6.07, 6.45) is 1.48. The van der Waals surface area contributed by atoms with Crippen LogP contribution in [-0.2, 0) is 11.4 Å². The van der Waals surface area contributed by atoms with Crippen molar-refractivity contribution in [1.29, 1.82) is 5.26 Å². The Balaban J connectivity index is 1.71. The van der Waals surface area contributed by atoms with E-state index >= 15 is 0 Å². The van der Waals surface area contributed by atoms with Crippen molar-refractivity contribution in [2.24, 2.45) is 0 Å². The number of anilines is 1. The minimum Gasteiger partial charge on any atom is -0.488 e. The third-order valence-electron chi connectivity index (χ3n) is 4.35. The van der Waals surface area contributed by atoms with Gasteiger partial charge in [0.25, 0.3) is 5.91 Å². The molecule has 0 aliphatic rings. The number of ether oxygens (including phenoxy) is 1. The number of aryl methyl sites for hydroxylation is 1. The van der Waals surface area contributed by atoms with Crippen LogP contribution in [0.15, 0.2) is 70.7 Å². The van der Waals surface area contributed by atoms with Crippen molar-refractivity contribution < 1.29 is 13.9 Å². The molecule has 0 bridgehead atoms. The first kappa shape index (κ1) is 22.5. The Morgan fingerprint density at radius 2 is 2.03 bits per heavy atom. The summed E-state index contributed by atoms with van der Waals surface area (Å²) >= 11 is 9.50. The highest BCUT2D eigenvalue weighted by atomic mass is 79.9. The number of nitriles is 1. The molecule has 31 heavy (non-hydrogen) atoms. The molecule has 0 aliphatic carbocycles. The molecule has 3 rings (SSSR count). The summed E-state index contributed by atoms with van der Waals surface area (Å²) in [5.41, 5.74) is 2.68. The number of carbonyl (C=O) groups is 1. The number of amides is 1. The predicted octanol–water partition coefficient (Wildman–Crippen LogP) is 6.67.